The Morgan fingerprint density at radius 3 is 2.71 bits per heavy atom. The Hall–Kier alpha value is -0.610. The molecule has 0 saturated carbocycles. The van der Waals surface area contributed by atoms with Crippen LogP contribution in [0.5, 0.6) is 0 Å². The maximum absolute atomic E-state index is 11.4. The Kier molecular flexibility index (Phi) is 4.90. The molecular formula is C10H21N3O. The highest BCUT2D eigenvalue weighted by Crippen LogP contribution is 1.95. The SMILES string of the molecule is CCN(CC)CCN1CCNCC1=O. The summed E-state index contributed by atoms with van der Waals surface area (Å²) >= 11 is 0. The van der Waals surface area contributed by atoms with Crippen molar-refractivity contribution in [2.24, 2.45) is 0 Å². The maximum atomic E-state index is 11.4. The molecule has 0 aliphatic carbocycles. The molecule has 0 aromatic heterocycles. The molecule has 0 aromatic carbocycles. The van der Waals surface area contributed by atoms with Crippen molar-refractivity contribution < 1.29 is 4.79 Å². The topological polar surface area (TPSA) is 35.6 Å². The third-order valence-corrected chi connectivity index (χ3v) is 2.77. The summed E-state index contributed by atoms with van der Waals surface area (Å²) in [5.41, 5.74) is 0. The molecule has 1 fully saturated rings. The number of nitrogens with zero attached hydrogens (tertiary/aromatic N) is 2. The molecule has 14 heavy (non-hydrogen) atoms. The van der Waals surface area contributed by atoms with Crippen LogP contribution in [0.1, 0.15) is 13.8 Å². The molecule has 1 rings (SSSR count). The van der Waals surface area contributed by atoms with E-state index in [2.05, 4.69) is 24.1 Å². The van der Waals surface area contributed by atoms with Crippen LogP contribution in [-0.4, -0.2) is 61.5 Å². The predicted molar refractivity (Wildman–Crippen MR) is 57.2 cm³/mol. The van der Waals surface area contributed by atoms with E-state index in [-0.39, 0.29) is 5.91 Å². The van der Waals surface area contributed by atoms with Crippen molar-refractivity contribution in [1.29, 1.82) is 0 Å². The van der Waals surface area contributed by atoms with Crippen LogP contribution in [0.4, 0.5) is 0 Å². The number of carbonyl (C=O) groups excluding carboxylic acids is 1. The van der Waals surface area contributed by atoms with Crippen LogP contribution in [0.25, 0.3) is 0 Å². The van der Waals surface area contributed by atoms with Crippen LogP contribution in [-0.2, 0) is 4.79 Å². The smallest absolute Gasteiger partial charge is 0.236 e. The zero-order valence-corrected chi connectivity index (χ0v) is 9.25. The Morgan fingerprint density at radius 1 is 1.43 bits per heavy atom. The third kappa shape index (κ3) is 3.27. The quantitative estimate of drug-likeness (QED) is 0.664. The number of amides is 1. The predicted octanol–water partition coefficient (Wildman–Crippen LogP) is -0.240. The highest BCUT2D eigenvalue weighted by atomic mass is 16.2. The van der Waals surface area contributed by atoms with E-state index in [9.17, 15) is 4.79 Å². The van der Waals surface area contributed by atoms with Crippen LogP contribution in [0.3, 0.4) is 0 Å². The largest absolute Gasteiger partial charge is 0.339 e. The molecule has 1 N–H and O–H groups in total. The van der Waals surface area contributed by atoms with Gasteiger partial charge in [-0.15, -0.1) is 0 Å². The minimum Gasteiger partial charge on any atom is -0.339 e. The fourth-order valence-corrected chi connectivity index (χ4v) is 1.68. The molecular weight excluding hydrogens is 178 g/mol. The maximum Gasteiger partial charge on any atom is 0.236 e. The standard InChI is InChI=1S/C10H21N3O/c1-3-12(4-2)7-8-13-6-5-11-9-10(13)14/h11H,3-9H2,1-2H3. The van der Waals surface area contributed by atoms with Crippen LogP contribution in [0.15, 0.2) is 0 Å². The molecule has 1 aliphatic rings. The molecule has 4 nitrogen and oxygen atoms in total. The molecule has 0 aromatic rings. The monoisotopic (exact) mass is 199 g/mol. The second kappa shape index (κ2) is 5.98. The van der Waals surface area contributed by atoms with Gasteiger partial charge in [0, 0.05) is 26.2 Å². The first-order chi connectivity index (χ1) is 6.77. The summed E-state index contributed by atoms with van der Waals surface area (Å²) in [4.78, 5) is 15.7. The Morgan fingerprint density at radius 2 is 2.14 bits per heavy atom. The van der Waals surface area contributed by atoms with Crippen LogP contribution in [0.2, 0.25) is 0 Å². The number of likely N-dealkylation sites (N-methyl/N-ethyl adjacent to an activating group) is 1. The lowest BCUT2D eigenvalue weighted by Gasteiger charge is -2.29. The highest BCUT2D eigenvalue weighted by Gasteiger charge is 2.17. The van der Waals surface area contributed by atoms with Crippen molar-refractivity contribution in [2.75, 3.05) is 45.8 Å². The molecule has 0 bridgehead atoms. The average molecular weight is 199 g/mol. The summed E-state index contributed by atoms with van der Waals surface area (Å²) < 4.78 is 0. The van der Waals surface area contributed by atoms with Crippen molar-refractivity contribution in [3.05, 3.63) is 0 Å². The van der Waals surface area contributed by atoms with Crippen LogP contribution in [0, 0.1) is 0 Å². The van der Waals surface area contributed by atoms with Crippen molar-refractivity contribution in [2.45, 2.75) is 13.8 Å². The number of piperazine rings is 1. The second-order valence-electron chi connectivity index (χ2n) is 3.58. The van der Waals surface area contributed by atoms with Gasteiger partial charge in [-0.3, -0.25) is 4.79 Å². The van der Waals surface area contributed by atoms with Gasteiger partial charge in [0.25, 0.3) is 0 Å². The van der Waals surface area contributed by atoms with Gasteiger partial charge in [-0.05, 0) is 13.1 Å². The number of nitrogens with one attached hydrogen (secondary N) is 1. The average Bonchev–Trinajstić information content (AvgIpc) is 2.22. The van der Waals surface area contributed by atoms with Crippen molar-refractivity contribution in [3.8, 4) is 0 Å². The minimum atomic E-state index is 0.239. The van der Waals surface area contributed by atoms with E-state index in [1.807, 2.05) is 4.90 Å². The molecule has 4 heteroatoms. The van der Waals surface area contributed by atoms with Gasteiger partial charge in [0.1, 0.15) is 0 Å². The van der Waals surface area contributed by atoms with E-state index in [1.165, 1.54) is 0 Å². The van der Waals surface area contributed by atoms with Crippen molar-refractivity contribution in [3.63, 3.8) is 0 Å². The summed E-state index contributed by atoms with van der Waals surface area (Å²) in [6, 6.07) is 0. The molecule has 82 valence electrons. The first kappa shape index (κ1) is 11.5. The highest BCUT2D eigenvalue weighted by molar-refractivity contribution is 5.78. The van der Waals surface area contributed by atoms with E-state index in [0.717, 1.165) is 39.3 Å². The fraction of sp³-hybridized carbons (Fsp3) is 0.900. The molecule has 0 unspecified atom stereocenters. The lowest BCUT2D eigenvalue weighted by molar-refractivity contribution is -0.132. The normalized spacial score (nSPS) is 17.9. The van der Waals surface area contributed by atoms with Gasteiger partial charge >= 0.3 is 0 Å². The summed E-state index contributed by atoms with van der Waals surface area (Å²) in [5, 5.41) is 3.08. The summed E-state index contributed by atoms with van der Waals surface area (Å²) in [5.74, 6) is 0.239. The molecule has 0 radical (unpaired) electrons. The Bertz CT molecular complexity index is 180. The third-order valence-electron chi connectivity index (χ3n) is 2.77. The van der Waals surface area contributed by atoms with Gasteiger partial charge in [0.15, 0.2) is 0 Å². The Balaban J connectivity index is 2.25. The number of carbonyl (C=O) groups is 1. The van der Waals surface area contributed by atoms with Gasteiger partial charge in [-0.2, -0.15) is 0 Å². The van der Waals surface area contributed by atoms with E-state index in [4.69, 9.17) is 0 Å². The number of rotatable bonds is 5. The molecule has 1 amide bonds. The van der Waals surface area contributed by atoms with E-state index < -0.39 is 0 Å². The molecule has 1 saturated heterocycles. The number of hydrogen-bond donors (Lipinski definition) is 1. The van der Waals surface area contributed by atoms with Crippen LogP contribution >= 0.6 is 0 Å². The van der Waals surface area contributed by atoms with Crippen LogP contribution < -0.4 is 5.32 Å². The summed E-state index contributed by atoms with van der Waals surface area (Å²) in [6.45, 7) is 10.6. The van der Waals surface area contributed by atoms with E-state index >= 15 is 0 Å². The van der Waals surface area contributed by atoms with Gasteiger partial charge < -0.3 is 15.1 Å². The lowest BCUT2D eigenvalue weighted by Crippen LogP contribution is -2.50. The van der Waals surface area contributed by atoms with E-state index in [0.29, 0.717) is 6.54 Å². The number of hydrogen-bond acceptors (Lipinski definition) is 3. The van der Waals surface area contributed by atoms with Gasteiger partial charge in [-0.25, -0.2) is 0 Å². The second-order valence-corrected chi connectivity index (χ2v) is 3.58. The van der Waals surface area contributed by atoms with Gasteiger partial charge in [0.2, 0.25) is 5.91 Å². The fourth-order valence-electron chi connectivity index (χ4n) is 1.68. The first-order valence-corrected chi connectivity index (χ1v) is 5.48. The molecule has 1 aliphatic heterocycles. The summed E-state index contributed by atoms with van der Waals surface area (Å²) in [7, 11) is 0. The van der Waals surface area contributed by atoms with E-state index in [1.54, 1.807) is 0 Å². The van der Waals surface area contributed by atoms with Crippen molar-refractivity contribution >= 4 is 5.91 Å². The first-order valence-electron chi connectivity index (χ1n) is 5.48. The molecule has 0 spiro atoms. The van der Waals surface area contributed by atoms with Gasteiger partial charge in [0.05, 0.1) is 6.54 Å². The van der Waals surface area contributed by atoms with Crippen molar-refractivity contribution in [1.82, 2.24) is 15.1 Å². The van der Waals surface area contributed by atoms with Gasteiger partial charge in [-0.1, -0.05) is 13.8 Å². The zero-order valence-electron chi connectivity index (χ0n) is 9.25. The molecule has 0 atom stereocenters. The lowest BCUT2D eigenvalue weighted by atomic mass is 10.3. The minimum absolute atomic E-state index is 0.239. The molecule has 1 heterocycles. The Labute approximate surface area is 86.2 Å². The summed E-state index contributed by atoms with van der Waals surface area (Å²) in [6.07, 6.45) is 0. The zero-order chi connectivity index (χ0) is 10.4.